The van der Waals surface area contributed by atoms with Gasteiger partial charge in [-0.1, -0.05) is 78.6 Å². The van der Waals surface area contributed by atoms with Gasteiger partial charge in [-0.15, -0.1) is 0 Å². The highest BCUT2D eigenvalue weighted by atomic mass is 35.5. The van der Waals surface area contributed by atoms with Crippen LogP contribution < -0.4 is 12.4 Å². The Kier molecular flexibility index (Phi) is 20.6. The number of halogens is 1. The maximum absolute atomic E-state index is 2.52. The normalized spacial score (nSPS) is 11.5. The second kappa shape index (κ2) is 18.6. The summed E-state index contributed by atoms with van der Waals surface area (Å²) in [7, 11) is 2.52. The molecule has 0 spiro atoms. The third-order valence-electron chi connectivity index (χ3n) is 5.15. The number of hydrogen-bond donors (Lipinski definition) is 0. The third-order valence-corrected chi connectivity index (χ3v) is 5.15. The molecule has 2 heteroatoms. The second-order valence-corrected chi connectivity index (χ2v) is 7.68. The number of nitrogens with zero attached hydrogens (tertiary/aromatic N) is 1. The van der Waals surface area contributed by atoms with E-state index < -0.39 is 0 Å². The molecule has 0 aliphatic rings. The number of hydrogen-bond acceptors (Lipinski definition) is 0. The van der Waals surface area contributed by atoms with Crippen molar-refractivity contribution in [3.63, 3.8) is 0 Å². The van der Waals surface area contributed by atoms with Gasteiger partial charge < -0.3 is 16.9 Å². The van der Waals surface area contributed by atoms with E-state index in [0.717, 1.165) is 0 Å². The molecule has 23 heavy (non-hydrogen) atoms. The highest BCUT2D eigenvalue weighted by Gasteiger charge is 2.19. The van der Waals surface area contributed by atoms with Crippen molar-refractivity contribution < 1.29 is 16.9 Å². The molecule has 0 aromatic carbocycles. The van der Waals surface area contributed by atoms with Crippen LogP contribution in [0.2, 0.25) is 0 Å². The van der Waals surface area contributed by atoms with Gasteiger partial charge in [0.2, 0.25) is 0 Å². The number of rotatable bonds is 17. The molecule has 0 unspecified atom stereocenters. The molecule has 0 saturated heterocycles. The van der Waals surface area contributed by atoms with E-state index in [0.29, 0.717) is 0 Å². The van der Waals surface area contributed by atoms with Crippen molar-refractivity contribution in [2.24, 2.45) is 0 Å². The SMILES string of the molecule is CCCCCCCC[N+](C)(CCCC)CCCCCCCC.[Cl-]. The predicted molar refractivity (Wildman–Crippen MR) is 102 cm³/mol. The van der Waals surface area contributed by atoms with Crippen molar-refractivity contribution in [2.75, 3.05) is 26.7 Å². The monoisotopic (exact) mass is 347 g/mol. The molecule has 0 atom stereocenters. The molecule has 0 N–H and O–H groups in total. The molecule has 0 saturated carbocycles. The van der Waals surface area contributed by atoms with E-state index in [-0.39, 0.29) is 12.4 Å². The van der Waals surface area contributed by atoms with Gasteiger partial charge in [-0.3, -0.25) is 0 Å². The molecule has 0 fully saturated rings. The summed E-state index contributed by atoms with van der Waals surface area (Å²) in [5.41, 5.74) is 0. The van der Waals surface area contributed by atoms with Gasteiger partial charge in [-0.2, -0.15) is 0 Å². The first-order valence-electron chi connectivity index (χ1n) is 10.5. The van der Waals surface area contributed by atoms with Gasteiger partial charge in [0.05, 0.1) is 26.7 Å². The van der Waals surface area contributed by atoms with Crippen LogP contribution in [0.3, 0.4) is 0 Å². The summed E-state index contributed by atoms with van der Waals surface area (Å²) in [6.45, 7) is 11.2. The molecule has 142 valence electrons. The highest BCUT2D eigenvalue weighted by molar-refractivity contribution is 4.49. The van der Waals surface area contributed by atoms with E-state index in [2.05, 4.69) is 27.8 Å². The van der Waals surface area contributed by atoms with Gasteiger partial charge in [0.15, 0.2) is 0 Å². The molecule has 0 rings (SSSR count). The Labute approximate surface area is 154 Å². The van der Waals surface area contributed by atoms with Crippen LogP contribution in [0.4, 0.5) is 0 Å². The molecule has 0 aliphatic carbocycles. The Morgan fingerprint density at radius 1 is 0.435 bits per heavy atom. The summed E-state index contributed by atoms with van der Waals surface area (Å²) in [5, 5.41) is 0. The Morgan fingerprint density at radius 3 is 1.13 bits per heavy atom. The summed E-state index contributed by atoms with van der Waals surface area (Å²) >= 11 is 0. The highest BCUT2D eigenvalue weighted by Crippen LogP contribution is 2.14. The fraction of sp³-hybridized carbons (Fsp3) is 1.00. The molecule has 0 radical (unpaired) electrons. The Bertz CT molecular complexity index is 202. The van der Waals surface area contributed by atoms with Crippen LogP contribution in [0.5, 0.6) is 0 Å². The average Bonchev–Trinajstić information content (AvgIpc) is 2.52. The van der Waals surface area contributed by atoms with E-state index >= 15 is 0 Å². The summed E-state index contributed by atoms with van der Waals surface area (Å²) in [4.78, 5) is 0. The molecule has 0 bridgehead atoms. The van der Waals surface area contributed by atoms with Crippen LogP contribution in [0.15, 0.2) is 0 Å². The zero-order chi connectivity index (χ0) is 16.5. The lowest BCUT2D eigenvalue weighted by molar-refractivity contribution is -0.910. The Hall–Kier alpha value is 0.250. The number of unbranched alkanes of at least 4 members (excludes halogenated alkanes) is 11. The summed E-state index contributed by atoms with van der Waals surface area (Å²) in [6, 6.07) is 0. The lowest BCUT2D eigenvalue weighted by Crippen LogP contribution is -3.00. The summed E-state index contributed by atoms with van der Waals surface area (Å²) < 4.78 is 1.34. The van der Waals surface area contributed by atoms with Crippen molar-refractivity contribution in [1.29, 1.82) is 0 Å². The predicted octanol–water partition coefficient (Wildman–Crippen LogP) is 3.96. The minimum Gasteiger partial charge on any atom is -1.00 e. The maximum Gasteiger partial charge on any atom is 0.0784 e. The van der Waals surface area contributed by atoms with E-state index in [1.165, 1.54) is 114 Å². The van der Waals surface area contributed by atoms with Gasteiger partial charge in [0.25, 0.3) is 0 Å². The standard InChI is InChI=1S/C21H46N.ClH/c1-5-8-11-13-15-17-20-22(4,19-10-7-3)21-18-16-14-12-9-6-2;/h5-21H2,1-4H3;1H/q+1;/p-1. The average molecular weight is 348 g/mol. The van der Waals surface area contributed by atoms with Gasteiger partial charge in [-0.05, 0) is 32.1 Å². The minimum absolute atomic E-state index is 0. The third kappa shape index (κ3) is 16.9. The van der Waals surface area contributed by atoms with Crippen LogP contribution >= 0.6 is 0 Å². The van der Waals surface area contributed by atoms with E-state index in [4.69, 9.17) is 0 Å². The number of quaternary nitrogens is 1. The molecule has 0 aromatic heterocycles. The zero-order valence-corrected chi connectivity index (χ0v) is 17.6. The molecule has 0 amide bonds. The van der Waals surface area contributed by atoms with Crippen molar-refractivity contribution in [3.8, 4) is 0 Å². The van der Waals surface area contributed by atoms with E-state index in [9.17, 15) is 0 Å². The first kappa shape index (κ1) is 25.5. The molecule has 0 heterocycles. The van der Waals surface area contributed by atoms with Crippen LogP contribution in [-0.4, -0.2) is 31.2 Å². The zero-order valence-electron chi connectivity index (χ0n) is 16.8. The Morgan fingerprint density at radius 2 is 0.739 bits per heavy atom. The fourth-order valence-corrected chi connectivity index (χ4v) is 3.42. The molecular weight excluding hydrogens is 302 g/mol. The largest absolute Gasteiger partial charge is 1.00 e. The van der Waals surface area contributed by atoms with Crippen LogP contribution in [-0.2, 0) is 0 Å². The van der Waals surface area contributed by atoms with Gasteiger partial charge in [0, 0.05) is 0 Å². The Balaban J connectivity index is 0. The van der Waals surface area contributed by atoms with Gasteiger partial charge >= 0.3 is 0 Å². The molecule has 0 aliphatic heterocycles. The van der Waals surface area contributed by atoms with Crippen molar-refractivity contribution in [2.45, 2.75) is 111 Å². The van der Waals surface area contributed by atoms with E-state index in [1.807, 2.05) is 0 Å². The molecular formula is C21H46ClN. The quantitative estimate of drug-likeness (QED) is 0.276. The van der Waals surface area contributed by atoms with Crippen molar-refractivity contribution >= 4 is 0 Å². The first-order valence-corrected chi connectivity index (χ1v) is 10.5. The maximum atomic E-state index is 2.52. The van der Waals surface area contributed by atoms with Crippen LogP contribution in [0.25, 0.3) is 0 Å². The summed E-state index contributed by atoms with van der Waals surface area (Å²) in [5.74, 6) is 0. The summed E-state index contributed by atoms with van der Waals surface area (Å²) in [6.07, 6.45) is 20.0. The minimum atomic E-state index is 0. The first-order chi connectivity index (χ1) is 10.7. The van der Waals surface area contributed by atoms with Crippen molar-refractivity contribution in [3.05, 3.63) is 0 Å². The molecule has 1 nitrogen and oxygen atoms in total. The lowest BCUT2D eigenvalue weighted by atomic mass is 10.1. The smallest absolute Gasteiger partial charge is 0.0784 e. The lowest BCUT2D eigenvalue weighted by Gasteiger charge is -2.35. The van der Waals surface area contributed by atoms with Gasteiger partial charge in [-0.25, -0.2) is 0 Å². The van der Waals surface area contributed by atoms with Gasteiger partial charge in [0.1, 0.15) is 0 Å². The van der Waals surface area contributed by atoms with Crippen LogP contribution in [0, 0.1) is 0 Å². The second-order valence-electron chi connectivity index (χ2n) is 7.68. The van der Waals surface area contributed by atoms with E-state index in [1.54, 1.807) is 0 Å². The topological polar surface area (TPSA) is 0 Å². The fourth-order valence-electron chi connectivity index (χ4n) is 3.42. The van der Waals surface area contributed by atoms with Crippen molar-refractivity contribution in [1.82, 2.24) is 0 Å². The van der Waals surface area contributed by atoms with Crippen LogP contribution in [0.1, 0.15) is 111 Å². The molecule has 0 aromatic rings.